The molecule has 4 rings (SSSR count). The summed E-state index contributed by atoms with van der Waals surface area (Å²) < 4.78 is 4.26. The number of aryl methyl sites for hydroxylation is 2. The van der Waals surface area contributed by atoms with E-state index in [9.17, 15) is 5.26 Å². The summed E-state index contributed by atoms with van der Waals surface area (Å²) in [5.41, 5.74) is 3.96. The van der Waals surface area contributed by atoms with Crippen molar-refractivity contribution in [3.63, 3.8) is 0 Å². The Morgan fingerprint density at radius 1 is 1.14 bits per heavy atom. The summed E-state index contributed by atoms with van der Waals surface area (Å²) >= 11 is 1.73. The number of hydrogen-bond donors (Lipinski definition) is 0. The van der Waals surface area contributed by atoms with E-state index in [4.69, 9.17) is 0 Å². The molecule has 0 saturated carbocycles. The molecule has 0 unspecified atom stereocenters. The molecule has 1 aromatic carbocycles. The highest BCUT2D eigenvalue weighted by Gasteiger charge is 2.15. The van der Waals surface area contributed by atoms with Gasteiger partial charge in [-0.3, -0.25) is 0 Å². The first kappa shape index (κ1) is 12.2. The molecule has 0 bridgehead atoms. The lowest BCUT2D eigenvalue weighted by Gasteiger charge is -2.07. The maximum absolute atomic E-state index is 9.53. The van der Waals surface area contributed by atoms with Crippen LogP contribution in [0.25, 0.3) is 32.4 Å². The summed E-state index contributed by atoms with van der Waals surface area (Å²) in [5, 5.41) is 14.0. The number of aromatic nitrogens is 2. The van der Waals surface area contributed by atoms with Gasteiger partial charge in [0.15, 0.2) is 0 Å². The van der Waals surface area contributed by atoms with E-state index >= 15 is 0 Å². The fourth-order valence-electron chi connectivity index (χ4n) is 3.00. The smallest absolute Gasteiger partial charge is 0.103 e. The molecule has 21 heavy (non-hydrogen) atoms. The SMILES string of the molecule is Cn1cccc1-c1cc2c(cc1C#N)c1ccsc1n2C. The lowest BCUT2D eigenvalue weighted by Crippen LogP contribution is -1.94. The van der Waals surface area contributed by atoms with Crippen LogP contribution in [0.5, 0.6) is 0 Å². The minimum Gasteiger partial charge on any atom is -0.351 e. The molecule has 0 atom stereocenters. The summed E-state index contributed by atoms with van der Waals surface area (Å²) in [6.45, 7) is 0. The van der Waals surface area contributed by atoms with E-state index in [-0.39, 0.29) is 0 Å². The van der Waals surface area contributed by atoms with Crippen molar-refractivity contribution < 1.29 is 0 Å². The number of hydrogen-bond acceptors (Lipinski definition) is 2. The van der Waals surface area contributed by atoms with Crippen molar-refractivity contribution in [1.29, 1.82) is 5.26 Å². The van der Waals surface area contributed by atoms with Gasteiger partial charge in [0.25, 0.3) is 0 Å². The van der Waals surface area contributed by atoms with E-state index in [1.165, 1.54) is 15.7 Å². The monoisotopic (exact) mass is 291 g/mol. The normalized spacial score (nSPS) is 11.3. The first-order valence-corrected chi connectivity index (χ1v) is 7.60. The van der Waals surface area contributed by atoms with E-state index in [0.717, 1.165) is 22.2 Å². The van der Waals surface area contributed by atoms with E-state index in [0.29, 0.717) is 0 Å². The second-order valence-electron chi connectivity index (χ2n) is 5.23. The first-order chi connectivity index (χ1) is 10.2. The van der Waals surface area contributed by atoms with Crippen LogP contribution in [-0.4, -0.2) is 9.13 Å². The number of nitrogens with zero attached hydrogens (tertiary/aromatic N) is 3. The third-order valence-electron chi connectivity index (χ3n) is 4.08. The van der Waals surface area contributed by atoms with Gasteiger partial charge in [-0.2, -0.15) is 5.26 Å². The van der Waals surface area contributed by atoms with Gasteiger partial charge < -0.3 is 9.13 Å². The average molecular weight is 291 g/mol. The molecule has 0 aliphatic carbocycles. The molecular formula is C17H13N3S. The number of thiophene rings is 1. The molecule has 0 amide bonds. The molecule has 102 valence electrons. The predicted octanol–water partition coefficient (Wildman–Crippen LogP) is 4.27. The lowest BCUT2D eigenvalue weighted by molar-refractivity contribution is 0.936. The molecule has 0 radical (unpaired) electrons. The van der Waals surface area contributed by atoms with Crippen LogP contribution < -0.4 is 0 Å². The van der Waals surface area contributed by atoms with Gasteiger partial charge in [0.05, 0.1) is 17.1 Å². The number of rotatable bonds is 1. The molecule has 4 heteroatoms. The van der Waals surface area contributed by atoms with Gasteiger partial charge >= 0.3 is 0 Å². The topological polar surface area (TPSA) is 33.6 Å². The largest absolute Gasteiger partial charge is 0.351 e. The van der Waals surface area contributed by atoms with Crippen molar-refractivity contribution in [2.24, 2.45) is 14.1 Å². The van der Waals surface area contributed by atoms with Gasteiger partial charge in [0.2, 0.25) is 0 Å². The third-order valence-corrected chi connectivity index (χ3v) is 5.07. The second-order valence-corrected chi connectivity index (χ2v) is 6.12. The zero-order valence-electron chi connectivity index (χ0n) is 11.8. The predicted molar refractivity (Wildman–Crippen MR) is 87.4 cm³/mol. The molecule has 3 heterocycles. The van der Waals surface area contributed by atoms with Crippen LogP contribution in [-0.2, 0) is 14.1 Å². The molecule has 0 saturated heterocycles. The number of fused-ring (bicyclic) bond motifs is 3. The highest BCUT2D eigenvalue weighted by Crippen LogP contribution is 2.36. The molecule has 0 aliphatic heterocycles. The minimum absolute atomic E-state index is 0.725. The van der Waals surface area contributed by atoms with Gasteiger partial charge in [-0.25, -0.2) is 0 Å². The molecule has 3 nitrogen and oxygen atoms in total. The summed E-state index contributed by atoms with van der Waals surface area (Å²) in [7, 11) is 4.09. The summed E-state index contributed by atoms with van der Waals surface area (Å²) in [6, 6.07) is 12.7. The van der Waals surface area contributed by atoms with Crippen molar-refractivity contribution in [3.05, 3.63) is 47.5 Å². The van der Waals surface area contributed by atoms with Crippen LogP contribution in [0.1, 0.15) is 5.56 Å². The van der Waals surface area contributed by atoms with E-state index in [2.05, 4.69) is 35.2 Å². The highest BCUT2D eigenvalue weighted by molar-refractivity contribution is 7.17. The van der Waals surface area contributed by atoms with E-state index in [1.807, 2.05) is 36.0 Å². The maximum Gasteiger partial charge on any atom is 0.103 e. The molecule has 0 aliphatic rings. The standard InChI is InChI=1S/C17H13N3S/c1-19-6-3-4-15(19)13-9-16-14(8-11(13)10-18)12-5-7-21-17(12)20(16)2/h3-9H,1-2H3. The van der Waals surface area contributed by atoms with Gasteiger partial charge in [-0.05, 0) is 35.7 Å². The highest BCUT2D eigenvalue weighted by atomic mass is 32.1. The number of nitriles is 1. The number of benzene rings is 1. The Bertz CT molecular complexity index is 1020. The Morgan fingerprint density at radius 3 is 2.71 bits per heavy atom. The van der Waals surface area contributed by atoms with Crippen LogP contribution >= 0.6 is 11.3 Å². The summed E-state index contributed by atoms with van der Waals surface area (Å²) in [6.07, 6.45) is 2.00. The van der Waals surface area contributed by atoms with Crippen LogP contribution in [0, 0.1) is 11.3 Å². The molecule has 0 N–H and O–H groups in total. The third kappa shape index (κ3) is 1.58. The van der Waals surface area contributed by atoms with Crippen LogP contribution in [0.15, 0.2) is 41.9 Å². The Hall–Kier alpha value is -2.51. The van der Waals surface area contributed by atoms with Gasteiger partial charge in [0.1, 0.15) is 4.83 Å². The summed E-state index contributed by atoms with van der Waals surface area (Å²) in [5.74, 6) is 0. The van der Waals surface area contributed by atoms with Crippen molar-refractivity contribution in [1.82, 2.24) is 9.13 Å². The second kappa shape index (κ2) is 4.24. The van der Waals surface area contributed by atoms with Gasteiger partial charge in [-0.15, -0.1) is 11.3 Å². The van der Waals surface area contributed by atoms with E-state index < -0.39 is 0 Å². The summed E-state index contributed by atoms with van der Waals surface area (Å²) in [4.78, 5) is 1.25. The zero-order chi connectivity index (χ0) is 14.6. The average Bonchev–Trinajstić information content (AvgIpc) is 3.17. The first-order valence-electron chi connectivity index (χ1n) is 6.72. The van der Waals surface area contributed by atoms with Crippen molar-refractivity contribution >= 4 is 32.5 Å². The van der Waals surface area contributed by atoms with Crippen molar-refractivity contribution in [3.8, 4) is 17.3 Å². The fraction of sp³-hybridized carbons (Fsp3) is 0.118. The molecular weight excluding hydrogens is 278 g/mol. The quantitative estimate of drug-likeness (QED) is 0.515. The van der Waals surface area contributed by atoms with Crippen LogP contribution in [0.4, 0.5) is 0 Å². The van der Waals surface area contributed by atoms with Gasteiger partial charge in [0, 0.05) is 42.3 Å². The Labute approximate surface area is 126 Å². The molecule has 0 fully saturated rings. The zero-order valence-corrected chi connectivity index (χ0v) is 12.6. The Morgan fingerprint density at radius 2 is 2.00 bits per heavy atom. The van der Waals surface area contributed by atoms with Crippen LogP contribution in [0.2, 0.25) is 0 Å². The Kier molecular flexibility index (Phi) is 2.47. The Balaban J connectivity index is 2.15. The van der Waals surface area contributed by atoms with Gasteiger partial charge in [-0.1, -0.05) is 0 Å². The van der Waals surface area contributed by atoms with E-state index in [1.54, 1.807) is 11.3 Å². The molecule has 3 aromatic heterocycles. The maximum atomic E-state index is 9.53. The fourth-order valence-corrected chi connectivity index (χ4v) is 3.90. The minimum atomic E-state index is 0.725. The van der Waals surface area contributed by atoms with Crippen LogP contribution in [0.3, 0.4) is 0 Å². The molecule has 4 aromatic rings. The lowest BCUT2D eigenvalue weighted by atomic mass is 10.0. The molecule has 0 spiro atoms. The van der Waals surface area contributed by atoms with Crippen molar-refractivity contribution in [2.75, 3.05) is 0 Å². The van der Waals surface area contributed by atoms with Crippen molar-refractivity contribution in [2.45, 2.75) is 0 Å².